The average molecular weight is 283 g/mol. The summed E-state index contributed by atoms with van der Waals surface area (Å²) in [6.45, 7) is 4.13. The van der Waals surface area contributed by atoms with E-state index in [4.69, 9.17) is 12.2 Å². The summed E-state index contributed by atoms with van der Waals surface area (Å²) in [4.78, 5) is 7.65. The molecular weight excluding hydrogens is 272 g/mol. The van der Waals surface area contributed by atoms with E-state index in [1.165, 1.54) is 5.56 Å². The highest BCUT2D eigenvalue weighted by Gasteiger charge is 2.04. The zero-order valence-corrected chi connectivity index (χ0v) is 11.0. The Morgan fingerprint density at radius 2 is 2.20 bits per heavy atom. The molecule has 2 nitrogen and oxygen atoms in total. The Kier molecular flexibility index (Phi) is 2.89. The first kappa shape index (κ1) is 10.8. The lowest BCUT2D eigenvalue weighted by molar-refractivity contribution is 0.953. The molecule has 0 radical (unpaired) electrons. The zero-order chi connectivity index (χ0) is 11.0. The third-order valence-corrected chi connectivity index (χ3v) is 3.14. The Morgan fingerprint density at radius 3 is 2.87 bits per heavy atom. The molecule has 0 saturated heterocycles. The second kappa shape index (κ2) is 4.02. The second-order valence-electron chi connectivity index (χ2n) is 3.49. The SMILES string of the molecule is CCc1nc(=S)c2cc(Br)cc(C)c2[nH]1. The fourth-order valence-corrected chi connectivity index (χ4v) is 2.44. The largest absolute Gasteiger partial charge is 0.343 e. The molecule has 0 aliphatic heterocycles. The Hall–Kier alpha value is -0.740. The van der Waals surface area contributed by atoms with Crippen LogP contribution < -0.4 is 0 Å². The molecule has 1 heterocycles. The van der Waals surface area contributed by atoms with E-state index in [0.29, 0.717) is 4.64 Å². The van der Waals surface area contributed by atoms with E-state index in [0.717, 1.165) is 27.6 Å². The maximum Gasteiger partial charge on any atom is 0.137 e. The summed E-state index contributed by atoms with van der Waals surface area (Å²) in [5, 5.41) is 1.01. The Bertz CT molecular complexity index is 575. The van der Waals surface area contributed by atoms with Crippen LogP contribution in [-0.2, 0) is 6.42 Å². The summed E-state index contributed by atoms with van der Waals surface area (Å²) in [6, 6.07) is 4.08. The molecule has 0 aliphatic rings. The highest BCUT2D eigenvalue weighted by atomic mass is 79.9. The predicted molar refractivity (Wildman–Crippen MR) is 68.7 cm³/mol. The monoisotopic (exact) mass is 282 g/mol. The summed E-state index contributed by atoms with van der Waals surface area (Å²) in [7, 11) is 0. The highest BCUT2D eigenvalue weighted by molar-refractivity contribution is 9.10. The van der Waals surface area contributed by atoms with E-state index < -0.39 is 0 Å². The molecule has 0 unspecified atom stereocenters. The van der Waals surface area contributed by atoms with E-state index in [1.807, 2.05) is 6.07 Å². The Balaban J connectivity index is 2.91. The molecule has 0 spiro atoms. The van der Waals surface area contributed by atoms with Crippen LogP contribution in [0.15, 0.2) is 16.6 Å². The van der Waals surface area contributed by atoms with Crippen molar-refractivity contribution >= 4 is 39.1 Å². The minimum atomic E-state index is 0.671. The molecule has 4 heteroatoms. The molecule has 0 saturated carbocycles. The number of fused-ring (bicyclic) bond motifs is 1. The predicted octanol–water partition coefficient (Wildman–Crippen LogP) is 3.93. The molecule has 0 atom stereocenters. The first-order valence-corrected chi connectivity index (χ1v) is 6.01. The summed E-state index contributed by atoms with van der Waals surface area (Å²) in [6.07, 6.45) is 0.870. The van der Waals surface area contributed by atoms with Crippen molar-refractivity contribution in [2.75, 3.05) is 0 Å². The van der Waals surface area contributed by atoms with Crippen molar-refractivity contribution in [1.29, 1.82) is 0 Å². The Labute approximate surface area is 102 Å². The number of nitrogens with zero attached hydrogens (tertiary/aromatic N) is 1. The summed E-state index contributed by atoms with van der Waals surface area (Å²) < 4.78 is 1.71. The minimum Gasteiger partial charge on any atom is -0.343 e. The first-order valence-electron chi connectivity index (χ1n) is 4.81. The van der Waals surface area contributed by atoms with Gasteiger partial charge in [-0.2, -0.15) is 0 Å². The number of nitrogens with one attached hydrogen (secondary N) is 1. The third kappa shape index (κ3) is 1.96. The normalized spacial score (nSPS) is 10.9. The van der Waals surface area contributed by atoms with Gasteiger partial charge in [0.25, 0.3) is 0 Å². The van der Waals surface area contributed by atoms with Gasteiger partial charge in [-0.1, -0.05) is 35.1 Å². The summed E-state index contributed by atoms with van der Waals surface area (Å²) in [5.41, 5.74) is 2.28. The van der Waals surface area contributed by atoms with Gasteiger partial charge in [0.05, 0.1) is 5.52 Å². The number of halogens is 1. The van der Waals surface area contributed by atoms with E-state index in [1.54, 1.807) is 0 Å². The fraction of sp³-hybridized carbons (Fsp3) is 0.273. The second-order valence-corrected chi connectivity index (χ2v) is 4.79. The number of hydrogen-bond donors (Lipinski definition) is 1. The van der Waals surface area contributed by atoms with Crippen LogP contribution in [0.4, 0.5) is 0 Å². The molecule has 0 aliphatic carbocycles. The van der Waals surface area contributed by atoms with Crippen molar-refractivity contribution < 1.29 is 0 Å². The molecule has 1 aromatic heterocycles. The maximum atomic E-state index is 5.27. The Morgan fingerprint density at radius 1 is 1.47 bits per heavy atom. The molecule has 15 heavy (non-hydrogen) atoms. The number of hydrogen-bond acceptors (Lipinski definition) is 2. The molecule has 0 bridgehead atoms. The van der Waals surface area contributed by atoms with Crippen molar-refractivity contribution in [2.24, 2.45) is 0 Å². The lowest BCUT2D eigenvalue weighted by Gasteiger charge is -2.06. The zero-order valence-electron chi connectivity index (χ0n) is 8.60. The molecule has 2 aromatic rings. The third-order valence-electron chi connectivity index (χ3n) is 2.37. The lowest BCUT2D eigenvalue weighted by Crippen LogP contribution is -1.95. The van der Waals surface area contributed by atoms with E-state index >= 15 is 0 Å². The van der Waals surface area contributed by atoms with Gasteiger partial charge in [0.1, 0.15) is 10.5 Å². The molecule has 2 rings (SSSR count). The van der Waals surface area contributed by atoms with Crippen LogP contribution in [0.2, 0.25) is 0 Å². The van der Waals surface area contributed by atoms with Crippen molar-refractivity contribution in [1.82, 2.24) is 9.97 Å². The van der Waals surface area contributed by atoms with Gasteiger partial charge in [0.2, 0.25) is 0 Å². The standard InChI is InChI=1S/C11H11BrN2S/c1-3-9-13-10-6(2)4-7(12)5-8(10)11(15)14-9/h4-5H,3H2,1-2H3,(H,13,14,15). The quantitative estimate of drug-likeness (QED) is 0.803. The summed E-state index contributed by atoms with van der Waals surface area (Å²) >= 11 is 8.74. The molecule has 0 amide bonds. The number of aromatic amines is 1. The first-order chi connectivity index (χ1) is 7.11. The van der Waals surface area contributed by atoms with Crippen LogP contribution in [0.25, 0.3) is 10.9 Å². The molecule has 0 fully saturated rings. The van der Waals surface area contributed by atoms with E-state index in [9.17, 15) is 0 Å². The molecule has 78 valence electrons. The highest BCUT2D eigenvalue weighted by Crippen LogP contribution is 2.22. The van der Waals surface area contributed by atoms with Gasteiger partial charge in [-0.3, -0.25) is 0 Å². The van der Waals surface area contributed by atoms with Crippen LogP contribution in [-0.4, -0.2) is 9.97 Å². The van der Waals surface area contributed by atoms with Gasteiger partial charge in [-0.25, -0.2) is 4.98 Å². The van der Waals surface area contributed by atoms with Crippen LogP contribution in [0.3, 0.4) is 0 Å². The van der Waals surface area contributed by atoms with Crippen molar-refractivity contribution in [3.63, 3.8) is 0 Å². The number of aryl methyl sites for hydroxylation is 2. The fourth-order valence-electron chi connectivity index (χ4n) is 1.60. The topological polar surface area (TPSA) is 28.7 Å². The van der Waals surface area contributed by atoms with Crippen LogP contribution in [0.1, 0.15) is 18.3 Å². The van der Waals surface area contributed by atoms with Gasteiger partial charge in [0.15, 0.2) is 0 Å². The van der Waals surface area contributed by atoms with Crippen LogP contribution >= 0.6 is 28.1 Å². The van der Waals surface area contributed by atoms with E-state index in [-0.39, 0.29) is 0 Å². The van der Waals surface area contributed by atoms with Crippen molar-refractivity contribution in [2.45, 2.75) is 20.3 Å². The molecule has 1 N–H and O–H groups in total. The molecular formula is C11H11BrN2S. The number of rotatable bonds is 1. The van der Waals surface area contributed by atoms with Crippen molar-refractivity contribution in [3.8, 4) is 0 Å². The smallest absolute Gasteiger partial charge is 0.137 e. The van der Waals surface area contributed by atoms with Crippen LogP contribution in [0, 0.1) is 11.6 Å². The van der Waals surface area contributed by atoms with Crippen molar-refractivity contribution in [3.05, 3.63) is 32.6 Å². The van der Waals surface area contributed by atoms with Gasteiger partial charge in [0, 0.05) is 16.3 Å². The van der Waals surface area contributed by atoms with Gasteiger partial charge < -0.3 is 4.98 Å². The average Bonchev–Trinajstić information content (AvgIpc) is 2.19. The number of H-pyrrole nitrogens is 1. The lowest BCUT2D eigenvalue weighted by atomic mass is 10.1. The van der Waals surface area contributed by atoms with Crippen LogP contribution in [0.5, 0.6) is 0 Å². The molecule has 1 aromatic carbocycles. The summed E-state index contributed by atoms with van der Waals surface area (Å²) in [5.74, 6) is 0.943. The maximum absolute atomic E-state index is 5.27. The number of benzene rings is 1. The van der Waals surface area contributed by atoms with Gasteiger partial charge in [-0.15, -0.1) is 0 Å². The van der Waals surface area contributed by atoms with Gasteiger partial charge >= 0.3 is 0 Å². The van der Waals surface area contributed by atoms with Gasteiger partial charge in [-0.05, 0) is 24.6 Å². The van der Waals surface area contributed by atoms with E-state index in [2.05, 4.69) is 45.8 Å². The number of aromatic nitrogens is 2. The minimum absolute atomic E-state index is 0.671.